The van der Waals surface area contributed by atoms with Crippen LogP contribution in [0.5, 0.6) is 0 Å². The van der Waals surface area contributed by atoms with Crippen molar-refractivity contribution in [3.8, 4) is 15.4 Å². The van der Waals surface area contributed by atoms with Gasteiger partial charge >= 0.3 is 5.97 Å². The Labute approximate surface area is 507 Å². The van der Waals surface area contributed by atoms with E-state index in [1.165, 1.54) is 4.90 Å². The van der Waals surface area contributed by atoms with Crippen LogP contribution >= 0.6 is 34.3 Å². The molecule has 1 saturated heterocycles. The van der Waals surface area contributed by atoms with Gasteiger partial charge in [-0.15, -0.1) is 32.9 Å². The number of thiophene rings is 1. The number of ether oxygens (including phenoxy) is 7. The van der Waals surface area contributed by atoms with Gasteiger partial charge in [0.25, 0.3) is 0 Å². The molecule has 7 rings (SSSR count). The molecule has 3 aromatic heterocycles. The molecule has 0 radical (unpaired) electrons. The molecule has 0 bridgehead atoms. The van der Waals surface area contributed by atoms with E-state index in [-0.39, 0.29) is 111 Å². The lowest BCUT2D eigenvalue weighted by Gasteiger charge is -2.35. The fourth-order valence-corrected chi connectivity index (χ4v) is 11.7. The number of halogens is 1. The van der Waals surface area contributed by atoms with E-state index in [4.69, 9.17) is 55.3 Å². The van der Waals surface area contributed by atoms with Crippen molar-refractivity contribution >= 4 is 69.6 Å². The Balaban J connectivity index is 0.843. The number of rotatable bonds is 32. The number of azide groups is 1. The summed E-state index contributed by atoms with van der Waals surface area (Å²) in [6, 6.07) is 12.1. The van der Waals surface area contributed by atoms with Crippen LogP contribution in [0.25, 0.3) is 25.9 Å². The Morgan fingerprint density at radius 1 is 0.812 bits per heavy atom. The van der Waals surface area contributed by atoms with Crippen molar-refractivity contribution < 1.29 is 57.1 Å². The maximum absolute atomic E-state index is 14.6. The summed E-state index contributed by atoms with van der Waals surface area (Å²) in [6.45, 7) is 16.9. The summed E-state index contributed by atoms with van der Waals surface area (Å²) in [4.78, 5) is 84.4. The van der Waals surface area contributed by atoms with E-state index in [0.717, 1.165) is 54.0 Å². The Morgan fingerprint density at radius 2 is 1.45 bits per heavy atom. The topological polar surface area (TPSA) is 294 Å². The number of carbonyl (C=O) groups is 5. The number of carbonyl (C=O) groups excluding carboxylic acids is 5. The Kier molecular flexibility index (Phi) is 24.9. The van der Waals surface area contributed by atoms with Gasteiger partial charge in [-0.25, -0.2) is 9.78 Å². The Morgan fingerprint density at radius 3 is 2.09 bits per heavy atom. The highest BCUT2D eigenvalue weighted by molar-refractivity contribution is 7.15. The molecule has 2 aromatic carbocycles. The standard InChI is InChI=1S/C58H75ClN12O12S2/c1-35-38(4)85-57-50(35)51(41-13-15-43(59)16-14-41)65-45(54-68-67-39(5)71(54)57)30-47(72)61-17-19-77-21-23-79-25-27-81-32-48(73)66-53(58(6,7)8)56(76)70-31-44(83-49(74)33-82-28-26-80-24-22-78-20-18-63-69-60)29-46(70)55(75)64-36(2)40-9-11-42(12-10-40)52-37(3)62-34-84-52/h9-16,34,36,44-46,53H,17-33H2,1-8H3,(H,61,72)(H,64,75)(H,66,73)/t36-,44+,45-,46-,53+/m0/s1. The molecule has 5 atom stereocenters. The van der Waals surface area contributed by atoms with E-state index in [2.05, 4.69) is 55.0 Å². The normalized spacial score (nSPS) is 16.3. The largest absolute Gasteiger partial charge is 0.459 e. The summed E-state index contributed by atoms with van der Waals surface area (Å²) in [5.74, 6) is -1.17. The van der Waals surface area contributed by atoms with Crippen molar-refractivity contribution in [2.24, 2.45) is 15.5 Å². The van der Waals surface area contributed by atoms with E-state index in [0.29, 0.717) is 23.3 Å². The molecule has 0 unspecified atom stereocenters. The predicted molar refractivity (Wildman–Crippen MR) is 320 cm³/mol. The summed E-state index contributed by atoms with van der Waals surface area (Å²) < 4.78 is 41.0. The molecule has 2 aliphatic heterocycles. The van der Waals surface area contributed by atoms with Crippen molar-refractivity contribution in [3.05, 3.63) is 114 Å². The zero-order chi connectivity index (χ0) is 61.0. The quantitative estimate of drug-likeness (QED) is 0.0128. The predicted octanol–water partition coefficient (Wildman–Crippen LogP) is 7.07. The lowest BCUT2D eigenvalue weighted by molar-refractivity contribution is -0.155. The summed E-state index contributed by atoms with van der Waals surface area (Å²) in [5, 5.41) is 22.6. The maximum atomic E-state index is 14.6. The van der Waals surface area contributed by atoms with Gasteiger partial charge in [0.1, 0.15) is 48.3 Å². The molecule has 0 spiro atoms. The summed E-state index contributed by atoms with van der Waals surface area (Å²) in [5.41, 5.74) is 15.8. The molecule has 5 aromatic rings. The van der Waals surface area contributed by atoms with Gasteiger partial charge in [0.2, 0.25) is 23.6 Å². The number of aromatic nitrogens is 4. The lowest BCUT2D eigenvalue weighted by atomic mass is 9.85. The number of aliphatic imine (C=N–C) groups is 1. The molecule has 27 heteroatoms. The van der Waals surface area contributed by atoms with Gasteiger partial charge in [-0.05, 0) is 74.4 Å². The van der Waals surface area contributed by atoms with Crippen molar-refractivity contribution in [1.29, 1.82) is 0 Å². The number of benzene rings is 2. The molecular formula is C58H75ClN12O12S2. The average Bonchev–Trinajstić information content (AvgIpc) is 1.96. The molecule has 0 aliphatic carbocycles. The van der Waals surface area contributed by atoms with E-state index in [1.807, 2.05) is 73.9 Å². The van der Waals surface area contributed by atoms with Gasteiger partial charge in [-0.1, -0.05) is 73.9 Å². The number of amides is 4. The number of hydrogen-bond acceptors (Lipinski definition) is 19. The maximum Gasteiger partial charge on any atom is 0.332 e. The summed E-state index contributed by atoms with van der Waals surface area (Å²) >= 11 is 9.44. The van der Waals surface area contributed by atoms with Crippen LogP contribution in [-0.4, -0.2) is 177 Å². The second kappa shape index (κ2) is 32.1. The van der Waals surface area contributed by atoms with Crippen LogP contribution in [-0.2, 0) is 57.1 Å². The van der Waals surface area contributed by atoms with Crippen molar-refractivity contribution in [2.45, 2.75) is 98.5 Å². The van der Waals surface area contributed by atoms with E-state index < -0.39 is 59.4 Å². The minimum Gasteiger partial charge on any atom is -0.459 e. The number of aryl methyl sites for hydroxylation is 3. The van der Waals surface area contributed by atoms with E-state index >= 15 is 0 Å². The first kappa shape index (κ1) is 65.8. The molecule has 4 amide bonds. The number of nitrogens with zero attached hydrogens (tertiary/aromatic N) is 9. The monoisotopic (exact) mass is 1230 g/mol. The van der Waals surface area contributed by atoms with Gasteiger partial charge in [-0.2, -0.15) is 0 Å². The van der Waals surface area contributed by atoms with Crippen LogP contribution in [0.3, 0.4) is 0 Å². The van der Waals surface area contributed by atoms with Crippen LogP contribution in [0.2, 0.25) is 5.02 Å². The first-order chi connectivity index (χ1) is 40.8. The second-order valence-corrected chi connectivity index (χ2v) is 23.8. The van der Waals surface area contributed by atoms with Gasteiger partial charge in [0.15, 0.2) is 5.82 Å². The first-order valence-corrected chi connectivity index (χ1v) is 30.1. The van der Waals surface area contributed by atoms with Gasteiger partial charge < -0.3 is 54.0 Å². The fourth-order valence-electron chi connectivity index (χ4n) is 9.50. The van der Waals surface area contributed by atoms with Gasteiger partial charge in [0, 0.05) is 45.4 Å². The van der Waals surface area contributed by atoms with Crippen LogP contribution in [0.15, 0.2) is 64.1 Å². The highest BCUT2D eigenvalue weighted by Crippen LogP contribution is 2.40. The minimum atomic E-state index is -1.10. The number of fused-ring (bicyclic) bond motifs is 3. The third-order valence-electron chi connectivity index (χ3n) is 14.0. The number of likely N-dealkylation sites (tertiary alicyclic amines) is 1. The first-order valence-electron chi connectivity index (χ1n) is 28.0. The Hall–Kier alpha value is -6.71. The molecule has 1 fully saturated rings. The van der Waals surface area contributed by atoms with E-state index in [9.17, 15) is 24.0 Å². The molecule has 85 heavy (non-hydrogen) atoms. The van der Waals surface area contributed by atoms with E-state index in [1.54, 1.807) is 49.0 Å². The van der Waals surface area contributed by atoms with Crippen LogP contribution in [0.4, 0.5) is 0 Å². The third-order valence-corrected chi connectivity index (χ3v) is 16.4. The lowest BCUT2D eigenvalue weighted by Crippen LogP contribution is -2.58. The minimum absolute atomic E-state index is 0.00490. The van der Waals surface area contributed by atoms with Crippen molar-refractivity contribution in [3.63, 3.8) is 0 Å². The number of nitrogens with one attached hydrogen (secondary N) is 3. The van der Waals surface area contributed by atoms with Gasteiger partial charge in [-0.3, -0.25) is 28.7 Å². The highest BCUT2D eigenvalue weighted by Gasteiger charge is 2.46. The Bertz CT molecular complexity index is 3140. The zero-order valence-corrected chi connectivity index (χ0v) is 51.6. The molecule has 3 N–H and O–H groups in total. The van der Waals surface area contributed by atoms with Crippen molar-refractivity contribution in [2.75, 3.05) is 98.9 Å². The van der Waals surface area contributed by atoms with Crippen LogP contribution in [0.1, 0.15) is 97.1 Å². The van der Waals surface area contributed by atoms with Crippen LogP contribution in [0, 0.1) is 33.1 Å². The number of esters is 1. The van der Waals surface area contributed by atoms with Gasteiger partial charge in [0.05, 0.1) is 107 Å². The zero-order valence-electron chi connectivity index (χ0n) is 49.2. The van der Waals surface area contributed by atoms with Crippen molar-refractivity contribution in [1.82, 2.24) is 40.6 Å². The van der Waals surface area contributed by atoms with Crippen LogP contribution < -0.4 is 16.0 Å². The number of hydrogen-bond donors (Lipinski definition) is 3. The fraction of sp³-hybridized carbons (Fsp3) is 0.534. The average molecular weight is 1230 g/mol. The smallest absolute Gasteiger partial charge is 0.332 e. The highest BCUT2D eigenvalue weighted by atomic mass is 35.5. The second-order valence-electron chi connectivity index (χ2n) is 21.3. The summed E-state index contributed by atoms with van der Waals surface area (Å²) in [6.07, 6.45) is -0.811. The third kappa shape index (κ3) is 18.6. The molecule has 2 aliphatic rings. The number of thiazole rings is 1. The molecule has 458 valence electrons. The summed E-state index contributed by atoms with van der Waals surface area (Å²) in [7, 11) is 0. The molecule has 24 nitrogen and oxygen atoms in total. The molecular weight excluding hydrogens is 1160 g/mol. The molecule has 5 heterocycles. The molecule has 0 saturated carbocycles. The SMILES string of the molecule is Cc1ncsc1-c1ccc([C@H](C)NC(=O)[C@@H]2C[C@@H](OC(=O)COCCOCCOCCN=[N+]=[N-])CN2C(=O)[C@@H](NC(=O)COCCOCCOCCNC(=O)C[C@@H]2N=C(c3ccc(Cl)cc3)c3c(sc(C)c3C)-n3c(C)nnc32)C(C)(C)C)cc1.